The lowest BCUT2D eigenvalue weighted by atomic mass is 10.2. The van der Waals surface area contributed by atoms with Crippen molar-refractivity contribution in [3.63, 3.8) is 0 Å². The molecule has 0 aromatic carbocycles. The molecule has 0 amide bonds. The Morgan fingerprint density at radius 2 is 1.33 bits per heavy atom. The highest BCUT2D eigenvalue weighted by Crippen LogP contribution is 2.40. The molecule has 0 aliphatic carbocycles. The zero-order chi connectivity index (χ0) is 14.2. The van der Waals surface area contributed by atoms with Gasteiger partial charge in [0.15, 0.2) is 0 Å². The van der Waals surface area contributed by atoms with Crippen LogP contribution in [0.15, 0.2) is 0 Å². The molecule has 0 aromatic rings. The highest BCUT2D eigenvalue weighted by atomic mass is 28.3. The topological polar surface area (TPSA) is 0 Å². The molecule has 0 heterocycles. The van der Waals surface area contributed by atoms with Crippen LogP contribution in [0.4, 0.5) is 0 Å². The molecule has 0 nitrogen and oxygen atoms in total. The maximum absolute atomic E-state index is 3.62. The molecule has 1 heteroatoms. The van der Waals surface area contributed by atoms with E-state index in [1.54, 1.807) is 0 Å². The molecule has 18 heavy (non-hydrogen) atoms. The van der Waals surface area contributed by atoms with Crippen molar-refractivity contribution in [2.75, 3.05) is 0 Å². The molecule has 0 spiro atoms. The van der Waals surface area contributed by atoms with Crippen LogP contribution in [-0.4, -0.2) is 8.07 Å². The van der Waals surface area contributed by atoms with E-state index in [0.717, 1.165) is 6.42 Å². The smallest absolute Gasteiger partial charge is 0.116 e. The van der Waals surface area contributed by atoms with Crippen LogP contribution >= 0.6 is 0 Å². The molecule has 0 aliphatic rings. The Bertz CT molecular complexity index is 320. The quantitative estimate of drug-likeness (QED) is 0.353. The molecule has 0 fully saturated rings. The molecule has 0 saturated heterocycles. The minimum Gasteiger partial charge on any atom is -0.116 e. The van der Waals surface area contributed by atoms with E-state index in [9.17, 15) is 0 Å². The lowest BCUT2D eigenvalue weighted by molar-refractivity contribution is 0.828. The Balaban J connectivity index is 5.00. The fraction of sp³-hybridized carbons (Fsp3) is 0.765. The van der Waals surface area contributed by atoms with Crippen molar-refractivity contribution in [2.24, 2.45) is 0 Å². The highest BCUT2D eigenvalue weighted by molar-refractivity contribution is 6.90. The van der Waals surface area contributed by atoms with Crippen molar-refractivity contribution >= 4 is 8.07 Å². The van der Waals surface area contributed by atoms with Gasteiger partial charge in [-0.15, -0.1) is 5.54 Å². The van der Waals surface area contributed by atoms with Crippen LogP contribution in [0, 0.1) is 23.3 Å². The van der Waals surface area contributed by atoms with E-state index in [-0.39, 0.29) is 0 Å². The van der Waals surface area contributed by atoms with Gasteiger partial charge in [-0.3, -0.25) is 0 Å². The molecule has 0 N–H and O–H groups in total. The van der Waals surface area contributed by atoms with Crippen LogP contribution in [0.2, 0.25) is 16.6 Å². The van der Waals surface area contributed by atoms with E-state index >= 15 is 0 Å². The minimum absolute atomic E-state index is 0.697. The number of hydrogen-bond acceptors (Lipinski definition) is 0. The van der Waals surface area contributed by atoms with Gasteiger partial charge in [0.05, 0.1) is 0 Å². The minimum atomic E-state index is -1.56. The molecule has 0 unspecified atom stereocenters. The Morgan fingerprint density at radius 1 is 0.833 bits per heavy atom. The fourth-order valence-electron chi connectivity index (χ4n) is 2.94. The lowest BCUT2D eigenvalue weighted by Gasteiger charge is -2.37. The molecule has 0 bridgehead atoms. The number of unbranched alkanes of at least 4 members (excludes halogenated alkanes) is 2. The Morgan fingerprint density at radius 3 is 1.72 bits per heavy atom. The van der Waals surface area contributed by atoms with Crippen molar-refractivity contribution in [2.45, 2.75) is 84.4 Å². The van der Waals surface area contributed by atoms with Gasteiger partial charge < -0.3 is 0 Å². The summed E-state index contributed by atoms with van der Waals surface area (Å²) < 4.78 is 0. The van der Waals surface area contributed by atoms with Gasteiger partial charge in [-0.1, -0.05) is 60.8 Å². The summed E-state index contributed by atoms with van der Waals surface area (Å²) in [5, 5.41) is 0. The summed E-state index contributed by atoms with van der Waals surface area (Å²) >= 11 is 0. The third kappa shape index (κ3) is 4.54. The van der Waals surface area contributed by atoms with Gasteiger partial charge in [0.25, 0.3) is 0 Å². The van der Waals surface area contributed by atoms with Crippen LogP contribution in [0.5, 0.6) is 0 Å². The van der Waals surface area contributed by atoms with Crippen molar-refractivity contribution < 1.29 is 0 Å². The van der Waals surface area contributed by atoms with E-state index in [2.05, 4.69) is 71.8 Å². The van der Waals surface area contributed by atoms with Gasteiger partial charge in [0.2, 0.25) is 0 Å². The van der Waals surface area contributed by atoms with Gasteiger partial charge in [0, 0.05) is 6.42 Å². The standard InChI is InChI=1S/C17H30Si/c1-8-9-10-11-12-13-14-18(15(2)3,16(4)5)17(6)7/h15-17H,8-10H2,1-7H3. The van der Waals surface area contributed by atoms with Crippen molar-refractivity contribution in [1.82, 2.24) is 0 Å². The van der Waals surface area contributed by atoms with E-state index in [1.165, 1.54) is 12.8 Å². The van der Waals surface area contributed by atoms with E-state index < -0.39 is 8.07 Å². The molecule has 0 atom stereocenters. The maximum Gasteiger partial charge on any atom is 0.147 e. The monoisotopic (exact) mass is 262 g/mol. The average Bonchev–Trinajstić information content (AvgIpc) is 2.26. The third-order valence-electron chi connectivity index (χ3n) is 3.95. The summed E-state index contributed by atoms with van der Waals surface area (Å²) in [4.78, 5) is 0. The van der Waals surface area contributed by atoms with Crippen molar-refractivity contribution in [1.29, 1.82) is 0 Å². The largest absolute Gasteiger partial charge is 0.147 e. The first-order valence-corrected chi connectivity index (χ1v) is 9.62. The normalized spacial score (nSPS) is 11.2. The summed E-state index contributed by atoms with van der Waals surface area (Å²) in [7, 11) is -1.56. The van der Waals surface area contributed by atoms with Crippen LogP contribution in [0.3, 0.4) is 0 Å². The lowest BCUT2D eigenvalue weighted by Crippen LogP contribution is -2.43. The second-order valence-electron chi connectivity index (χ2n) is 6.05. The zero-order valence-electron chi connectivity index (χ0n) is 13.4. The second kappa shape index (κ2) is 8.44. The maximum atomic E-state index is 3.62. The zero-order valence-corrected chi connectivity index (χ0v) is 14.4. The van der Waals surface area contributed by atoms with Gasteiger partial charge in [0.1, 0.15) is 8.07 Å². The van der Waals surface area contributed by atoms with Crippen LogP contribution in [-0.2, 0) is 0 Å². The molecular weight excluding hydrogens is 232 g/mol. The summed E-state index contributed by atoms with van der Waals surface area (Å²) in [6.45, 7) is 16.2. The third-order valence-corrected chi connectivity index (χ3v) is 10.2. The van der Waals surface area contributed by atoms with E-state index in [1.807, 2.05) is 0 Å². The van der Waals surface area contributed by atoms with Gasteiger partial charge in [-0.25, -0.2) is 0 Å². The van der Waals surface area contributed by atoms with E-state index in [0.29, 0.717) is 16.6 Å². The SMILES string of the molecule is CCCCC#CC#C[Si](C(C)C)(C(C)C)C(C)C. The fourth-order valence-corrected chi connectivity index (χ4v) is 8.09. The molecule has 0 rings (SSSR count). The number of hydrogen-bond donors (Lipinski definition) is 0. The Kier molecular flexibility index (Phi) is 8.13. The first-order chi connectivity index (χ1) is 8.39. The van der Waals surface area contributed by atoms with Gasteiger partial charge in [-0.2, -0.15) is 0 Å². The first kappa shape index (κ1) is 17.3. The van der Waals surface area contributed by atoms with E-state index in [4.69, 9.17) is 0 Å². The molecule has 0 aliphatic heterocycles. The van der Waals surface area contributed by atoms with Crippen molar-refractivity contribution in [3.05, 3.63) is 0 Å². The summed E-state index contributed by atoms with van der Waals surface area (Å²) in [6.07, 6.45) is 3.39. The van der Waals surface area contributed by atoms with Crippen LogP contribution in [0.25, 0.3) is 0 Å². The molecular formula is C17H30Si. The summed E-state index contributed by atoms with van der Waals surface area (Å²) in [5.41, 5.74) is 5.71. The predicted octanol–water partition coefficient (Wildman–Crippen LogP) is 5.40. The summed E-state index contributed by atoms with van der Waals surface area (Å²) in [6, 6.07) is 0. The number of rotatable bonds is 5. The van der Waals surface area contributed by atoms with Gasteiger partial charge >= 0.3 is 0 Å². The Labute approximate surface area is 116 Å². The van der Waals surface area contributed by atoms with Crippen LogP contribution < -0.4 is 0 Å². The van der Waals surface area contributed by atoms with Gasteiger partial charge in [-0.05, 0) is 34.9 Å². The second-order valence-corrected chi connectivity index (χ2v) is 11.6. The molecule has 0 saturated carbocycles. The highest BCUT2D eigenvalue weighted by Gasteiger charge is 2.41. The predicted molar refractivity (Wildman–Crippen MR) is 86.1 cm³/mol. The Hall–Kier alpha value is -0.663. The van der Waals surface area contributed by atoms with Crippen molar-refractivity contribution in [3.8, 4) is 23.3 Å². The molecule has 102 valence electrons. The average molecular weight is 263 g/mol. The molecule has 0 radical (unpaired) electrons. The molecule has 0 aromatic heterocycles. The first-order valence-electron chi connectivity index (χ1n) is 7.39. The summed E-state index contributed by atoms with van der Waals surface area (Å²) in [5.74, 6) is 9.42. The van der Waals surface area contributed by atoms with Crippen LogP contribution in [0.1, 0.15) is 67.7 Å².